The van der Waals surface area contributed by atoms with Gasteiger partial charge < -0.3 is 15.8 Å². The predicted octanol–water partition coefficient (Wildman–Crippen LogP) is 1.41. The van der Waals surface area contributed by atoms with Gasteiger partial charge in [0.05, 0.1) is 7.11 Å². The highest BCUT2D eigenvalue weighted by atomic mass is 16.5. The fourth-order valence-corrected chi connectivity index (χ4v) is 1.85. The summed E-state index contributed by atoms with van der Waals surface area (Å²) in [5, 5.41) is 2.79. The maximum Gasteiger partial charge on any atom is 0.241 e. The van der Waals surface area contributed by atoms with E-state index in [0.717, 1.165) is 11.1 Å². The summed E-state index contributed by atoms with van der Waals surface area (Å²) < 4.78 is 5.13. The number of hydrogen-bond donors (Lipinski definition) is 2. The Kier molecular flexibility index (Phi) is 4.68. The number of methoxy groups -OCH3 is 1. The van der Waals surface area contributed by atoms with Crippen molar-refractivity contribution in [2.75, 3.05) is 7.11 Å². The largest absolute Gasteiger partial charge is 0.481 e. The molecule has 2 rings (SSSR count). The van der Waals surface area contributed by atoms with Crippen molar-refractivity contribution in [3.63, 3.8) is 0 Å². The van der Waals surface area contributed by atoms with Gasteiger partial charge in [0, 0.05) is 18.3 Å². The summed E-state index contributed by atoms with van der Waals surface area (Å²) in [5.74, 6) is 0.267. The van der Waals surface area contributed by atoms with Crippen LogP contribution in [0.15, 0.2) is 48.7 Å². The lowest BCUT2D eigenvalue weighted by Crippen LogP contribution is -2.33. The monoisotopic (exact) mass is 271 g/mol. The Morgan fingerprint density at radius 1 is 1.30 bits per heavy atom. The minimum atomic E-state index is -0.682. The van der Waals surface area contributed by atoms with Crippen LogP contribution >= 0.6 is 0 Å². The molecule has 0 fully saturated rings. The van der Waals surface area contributed by atoms with Gasteiger partial charge in [-0.05, 0) is 11.6 Å². The first-order valence-electron chi connectivity index (χ1n) is 6.28. The Hall–Kier alpha value is -2.40. The standard InChI is InChI=1S/C15H17N3O2/c1-20-15-12(8-5-9-17-15)10-18-14(19)13(16)11-6-3-2-4-7-11/h2-9,13H,10,16H2,1H3,(H,18,19). The molecule has 0 aliphatic rings. The van der Waals surface area contributed by atoms with E-state index < -0.39 is 6.04 Å². The van der Waals surface area contributed by atoms with E-state index in [9.17, 15) is 4.79 Å². The third kappa shape index (κ3) is 3.33. The van der Waals surface area contributed by atoms with Crippen LogP contribution in [0.5, 0.6) is 5.88 Å². The lowest BCUT2D eigenvalue weighted by Gasteiger charge is -2.13. The molecule has 0 spiro atoms. The van der Waals surface area contributed by atoms with Crippen LogP contribution in [-0.2, 0) is 11.3 Å². The van der Waals surface area contributed by atoms with Gasteiger partial charge in [0.15, 0.2) is 0 Å². The van der Waals surface area contributed by atoms with Gasteiger partial charge >= 0.3 is 0 Å². The second kappa shape index (κ2) is 6.68. The fraction of sp³-hybridized carbons (Fsp3) is 0.200. The number of carbonyl (C=O) groups excluding carboxylic acids is 1. The van der Waals surface area contributed by atoms with Crippen LogP contribution in [0.2, 0.25) is 0 Å². The van der Waals surface area contributed by atoms with E-state index in [1.807, 2.05) is 36.4 Å². The topological polar surface area (TPSA) is 77.2 Å². The van der Waals surface area contributed by atoms with Crippen molar-refractivity contribution in [3.05, 3.63) is 59.8 Å². The van der Waals surface area contributed by atoms with E-state index in [4.69, 9.17) is 10.5 Å². The predicted molar refractivity (Wildman–Crippen MR) is 76.0 cm³/mol. The van der Waals surface area contributed by atoms with Gasteiger partial charge in [0.2, 0.25) is 11.8 Å². The number of carbonyl (C=O) groups is 1. The highest BCUT2D eigenvalue weighted by Gasteiger charge is 2.15. The van der Waals surface area contributed by atoms with Crippen LogP contribution in [0.3, 0.4) is 0 Å². The molecule has 1 unspecified atom stereocenters. The van der Waals surface area contributed by atoms with Gasteiger partial charge in [-0.25, -0.2) is 4.98 Å². The van der Waals surface area contributed by atoms with Crippen LogP contribution in [0.4, 0.5) is 0 Å². The van der Waals surface area contributed by atoms with Crippen LogP contribution < -0.4 is 15.8 Å². The number of nitrogens with zero attached hydrogens (tertiary/aromatic N) is 1. The molecule has 3 N–H and O–H groups in total. The molecule has 1 aromatic heterocycles. The first-order chi connectivity index (χ1) is 9.72. The van der Waals surface area contributed by atoms with Gasteiger partial charge in [-0.3, -0.25) is 4.79 Å². The Balaban J connectivity index is 1.99. The zero-order valence-electron chi connectivity index (χ0n) is 11.2. The summed E-state index contributed by atoms with van der Waals surface area (Å²) in [6.45, 7) is 0.330. The van der Waals surface area contributed by atoms with E-state index in [2.05, 4.69) is 10.3 Å². The van der Waals surface area contributed by atoms with Crippen molar-refractivity contribution in [2.24, 2.45) is 5.73 Å². The summed E-state index contributed by atoms with van der Waals surface area (Å²) in [4.78, 5) is 16.1. The van der Waals surface area contributed by atoms with Crippen LogP contribution in [0.1, 0.15) is 17.2 Å². The van der Waals surface area contributed by atoms with Gasteiger partial charge in [-0.2, -0.15) is 0 Å². The number of nitrogens with one attached hydrogen (secondary N) is 1. The first kappa shape index (κ1) is 14.0. The average Bonchev–Trinajstić information content (AvgIpc) is 2.53. The van der Waals surface area contributed by atoms with Crippen molar-refractivity contribution in [3.8, 4) is 5.88 Å². The molecule has 1 amide bonds. The molecule has 1 aromatic carbocycles. The zero-order valence-corrected chi connectivity index (χ0v) is 11.2. The van der Waals surface area contributed by atoms with Crippen molar-refractivity contribution < 1.29 is 9.53 Å². The number of pyridine rings is 1. The maximum absolute atomic E-state index is 12.0. The highest BCUT2D eigenvalue weighted by Crippen LogP contribution is 2.14. The lowest BCUT2D eigenvalue weighted by molar-refractivity contribution is -0.122. The number of amides is 1. The molecule has 5 heteroatoms. The molecule has 20 heavy (non-hydrogen) atoms. The minimum absolute atomic E-state index is 0.234. The average molecular weight is 271 g/mol. The molecule has 1 heterocycles. The summed E-state index contributed by atoms with van der Waals surface area (Å²) in [6, 6.07) is 12.2. The number of hydrogen-bond acceptors (Lipinski definition) is 4. The maximum atomic E-state index is 12.0. The van der Waals surface area contributed by atoms with Crippen molar-refractivity contribution in [1.82, 2.24) is 10.3 Å². The Morgan fingerprint density at radius 3 is 2.75 bits per heavy atom. The summed E-state index contributed by atoms with van der Waals surface area (Å²) in [5.41, 5.74) is 7.50. The van der Waals surface area contributed by atoms with E-state index in [1.54, 1.807) is 19.4 Å². The van der Waals surface area contributed by atoms with E-state index in [0.29, 0.717) is 12.4 Å². The number of aromatic nitrogens is 1. The van der Waals surface area contributed by atoms with Crippen molar-refractivity contribution >= 4 is 5.91 Å². The molecular weight excluding hydrogens is 254 g/mol. The van der Waals surface area contributed by atoms with E-state index >= 15 is 0 Å². The van der Waals surface area contributed by atoms with E-state index in [-0.39, 0.29) is 5.91 Å². The van der Waals surface area contributed by atoms with Gasteiger partial charge in [0.1, 0.15) is 6.04 Å². The minimum Gasteiger partial charge on any atom is -0.481 e. The molecule has 0 radical (unpaired) electrons. The first-order valence-corrected chi connectivity index (χ1v) is 6.28. The quantitative estimate of drug-likeness (QED) is 0.862. The van der Waals surface area contributed by atoms with Crippen LogP contribution in [-0.4, -0.2) is 18.0 Å². The summed E-state index contributed by atoms with van der Waals surface area (Å²) in [7, 11) is 1.54. The molecule has 2 aromatic rings. The van der Waals surface area contributed by atoms with Crippen LogP contribution in [0.25, 0.3) is 0 Å². The number of benzene rings is 1. The molecular formula is C15H17N3O2. The van der Waals surface area contributed by atoms with Crippen molar-refractivity contribution in [2.45, 2.75) is 12.6 Å². The molecule has 1 atom stereocenters. The zero-order chi connectivity index (χ0) is 14.4. The molecule has 0 saturated carbocycles. The van der Waals surface area contributed by atoms with Gasteiger partial charge in [-0.1, -0.05) is 36.4 Å². The third-order valence-electron chi connectivity index (χ3n) is 2.94. The fourth-order valence-electron chi connectivity index (χ4n) is 1.85. The number of ether oxygens (including phenoxy) is 1. The summed E-state index contributed by atoms with van der Waals surface area (Å²) >= 11 is 0. The smallest absolute Gasteiger partial charge is 0.241 e. The normalized spacial score (nSPS) is 11.7. The SMILES string of the molecule is COc1ncccc1CNC(=O)C(N)c1ccccc1. The number of nitrogens with two attached hydrogens (primary N) is 1. The molecule has 0 aliphatic heterocycles. The van der Waals surface area contributed by atoms with E-state index in [1.165, 1.54) is 0 Å². The Morgan fingerprint density at radius 2 is 2.05 bits per heavy atom. The van der Waals surface area contributed by atoms with Crippen LogP contribution in [0, 0.1) is 0 Å². The molecule has 0 bridgehead atoms. The molecule has 104 valence electrons. The molecule has 5 nitrogen and oxygen atoms in total. The summed E-state index contributed by atoms with van der Waals surface area (Å²) in [6.07, 6.45) is 1.64. The Bertz CT molecular complexity index is 572. The van der Waals surface area contributed by atoms with Gasteiger partial charge in [-0.15, -0.1) is 0 Å². The second-order valence-electron chi connectivity index (χ2n) is 4.28. The second-order valence-corrected chi connectivity index (χ2v) is 4.28. The molecule has 0 saturated heterocycles. The highest BCUT2D eigenvalue weighted by molar-refractivity contribution is 5.82. The lowest BCUT2D eigenvalue weighted by atomic mass is 10.1. The van der Waals surface area contributed by atoms with Gasteiger partial charge in [0.25, 0.3) is 0 Å². The third-order valence-corrected chi connectivity index (χ3v) is 2.94. The number of rotatable bonds is 5. The van der Waals surface area contributed by atoms with Crippen molar-refractivity contribution in [1.29, 1.82) is 0 Å². The Labute approximate surface area is 117 Å². The molecule has 0 aliphatic carbocycles.